The summed E-state index contributed by atoms with van der Waals surface area (Å²) in [5.41, 5.74) is 1.05. The van der Waals surface area contributed by atoms with Gasteiger partial charge in [-0.05, 0) is 62.4 Å². The topological polar surface area (TPSA) is 30.5 Å². The first-order chi connectivity index (χ1) is 9.10. The molecule has 0 spiro atoms. The lowest BCUT2D eigenvalue weighted by Gasteiger charge is -2.12. The van der Waals surface area contributed by atoms with Gasteiger partial charge in [-0.2, -0.15) is 0 Å². The Labute approximate surface area is 130 Å². The molecule has 2 rings (SSSR count). The van der Waals surface area contributed by atoms with E-state index >= 15 is 0 Å². The van der Waals surface area contributed by atoms with Crippen molar-refractivity contribution in [2.75, 3.05) is 20.3 Å². The van der Waals surface area contributed by atoms with E-state index < -0.39 is 0 Å². The van der Waals surface area contributed by atoms with Crippen molar-refractivity contribution in [2.24, 2.45) is 0 Å². The Balaban J connectivity index is 1.87. The molecular formula is C14H17Br2NO2. The highest BCUT2D eigenvalue weighted by atomic mass is 79.9. The summed E-state index contributed by atoms with van der Waals surface area (Å²) in [5, 5.41) is 3.42. The zero-order valence-corrected chi connectivity index (χ0v) is 14.0. The number of rotatable bonds is 7. The second kappa shape index (κ2) is 6.77. The molecule has 0 bridgehead atoms. The van der Waals surface area contributed by atoms with Crippen molar-refractivity contribution in [1.82, 2.24) is 5.32 Å². The van der Waals surface area contributed by atoms with Crippen LogP contribution in [0, 0.1) is 0 Å². The molecular weight excluding hydrogens is 374 g/mol. The summed E-state index contributed by atoms with van der Waals surface area (Å²) in [6.45, 7) is 5.35. The maximum absolute atomic E-state index is 5.76. The lowest BCUT2D eigenvalue weighted by molar-refractivity contribution is 0.344. The minimum Gasteiger partial charge on any atom is -0.496 e. The van der Waals surface area contributed by atoms with Gasteiger partial charge in [0.05, 0.1) is 16.1 Å². The van der Waals surface area contributed by atoms with Gasteiger partial charge < -0.3 is 14.8 Å². The summed E-state index contributed by atoms with van der Waals surface area (Å²) in [6.07, 6.45) is 2.57. The van der Waals surface area contributed by atoms with E-state index in [9.17, 15) is 0 Å². The van der Waals surface area contributed by atoms with E-state index in [-0.39, 0.29) is 0 Å². The van der Waals surface area contributed by atoms with Crippen LogP contribution in [0.4, 0.5) is 0 Å². The first-order valence-electron chi connectivity index (χ1n) is 6.16. The van der Waals surface area contributed by atoms with Crippen molar-refractivity contribution in [2.45, 2.75) is 18.9 Å². The second-order valence-corrected chi connectivity index (χ2v) is 6.32. The molecule has 0 radical (unpaired) electrons. The van der Waals surface area contributed by atoms with Crippen molar-refractivity contribution < 1.29 is 9.47 Å². The van der Waals surface area contributed by atoms with Gasteiger partial charge in [0.25, 0.3) is 0 Å². The van der Waals surface area contributed by atoms with Crippen LogP contribution in [-0.4, -0.2) is 26.3 Å². The van der Waals surface area contributed by atoms with Crippen molar-refractivity contribution >= 4 is 31.9 Å². The van der Waals surface area contributed by atoms with Crippen molar-refractivity contribution in [3.8, 4) is 11.5 Å². The number of halogens is 2. The Morgan fingerprint density at radius 3 is 2.58 bits per heavy atom. The van der Waals surface area contributed by atoms with Gasteiger partial charge in [-0.3, -0.25) is 0 Å². The van der Waals surface area contributed by atoms with Gasteiger partial charge in [-0.1, -0.05) is 6.58 Å². The van der Waals surface area contributed by atoms with Crippen LogP contribution < -0.4 is 14.8 Å². The zero-order valence-electron chi connectivity index (χ0n) is 10.8. The molecule has 5 heteroatoms. The minimum atomic E-state index is 0.511. The van der Waals surface area contributed by atoms with Crippen LogP contribution in [0.15, 0.2) is 33.2 Å². The Morgan fingerprint density at radius 2 is 1.95 bits per heavy atom. The van der Waals surface area contributed by atoms with Gasteiger partial charge in [0.15, 0.2) is 0 Å². The van der Waals surface area contributed by atoms with Crippen molar-refractivity contribution in [1.29, 1.82) is 0 Å². The molecule has 104 valence electrons. The number of ether oxygens (including phenoxy) is 2. The van der Waals surface area contributed by atoms with Gasteiger partial charge in [0.2, 0.25) is 0 Å². The van der Waals surface area contributed by atoms with E-state index in [0.717, 1.165) is 32.6 Å². The molecule has 1 fully saturated rings. The first-order valence-corrected chi connectivity index (χ1v) is 7.74. The number of nitrogens with one attached hydrogen (secondary N) is 1. The maximum Gasteiger partial charge on any atom is 0.135 e. The third kappa shape index (κ3) is 4.51. The number of benzene rings is 1. The van der Waals surface area contributed by atoms with Gasteiger partial charge >= 0.3 is 0 Å². The van der Waals surface area contributed by atoms with Gasteiger partial charge in [0.1, 0.15) is 18.1 Å². The van der Waals surface area contributed by atoms with E-state index in [1.54, 1.807) is 7.11 Å². The fraction of sp³-hybridized carbons (Fsp3) is 0.429. The number of methoxy groups -OCH3 is 1. The van der Waals surface area contributed by atoms with Crippen LogP contribution in [0.1, 0.15) is 12.8 Å². The van der Waals surface area contributed by atoms with E-state index in [2.05, 4.69) is 43.8 Å². The van der Waals surface area contributed by atoms with Gasteiger partial charge in [-0.25, -0.2) is 0 Å². The summed E-state index contributed by atoms with van der Waals surface area (Å²) in [4.78, 5) is 0. The number of hydrogen-bond donors (Lipinski definition) is 1. The summed E-state index contributed by atoms with van der Waals surface area (Å²) < 4.78 is 12.7. The lowest BCUT2D eigenvalue weighted by atomic mass is 10.3. The molecule has 0 heterocycles. The Kier molecular flexibility index (Phi) is 5.30. The molecule has 0 aliphatic heterocycles. The summed E-state index contributed by atoms with van der Waals surface area (Å²) >= 11 is 6.92. The fourth-order valence-electron chi connectivity index (χ4n) is 1.58. The molecule has 1 aliphatic carbocycles. The zero-order chi connectivity index (χ0) is 13.8. The molecule has 0 saturated heterocycles. The standard InChI is InChI=1S/C14H17Br2NO2/c1-9(7-17-10-3-4-10)8-19-14-6-11(15)13(18-2)5-12(14)16/h5-6,10,17H,1,3-4,7-8H2,2H3. The fourth-order valence-corrected chi connectivity index (χ4v) is 2.51. The van der Waals surface area contributed by atoms with Crippen molar-refractivity contribution in [3.05, 3.63) is 33.2 Å². The normalized spacial score (nSPS) is 14.3. The average Bonchev–Trinajstić information content (AvgIpc) is 3.21. The van der Waals surface area contributed by atoms with Crippen LogP contribution in [0.2, 0.25) is 0 Å². The highest BCUT2D eigenvalue weighted by Crippen LogP contribution is 2.36. The van der Waals surface area contributed by atoms with Crippen LogP contribution in [0.3, 0.4) is 0 Å². The lowest BCUT2D eigenvalue weighted by Crippen LogP contribution is -2.21. The van der Waals surface area contributed by atoms with Gasteiger partial charge in [0, 0.05) is 12.6 Å². The molecule has 1 N–H and O–H groups in total. The van der Waals surface area contributed by atoms with E-state index in [1.165, 1.54) is 12.8 Å². The molecule has 1 aromatic rings. The summed E-state index contributed by atoms with van der Waals surface area (Å²) in [6, 6.07) is 4.47. The molecule has 1 saturated carbocycles. The monoisotopic (exact) mass is 389 g/mol. The highest BCUT2D eigenvalue weighted by molar-refractivity contribution is 9.11. The molecule has 19 heavy (non-hydrogen) atoms. The highest BCUT2D eigenvalue weighted by Gasteiger charge is 2.20. The molecule has 0 atom stereocenters. The molecule has 3 nitrogen and oxygen atoms in total. The van der Waals surface area contributed by atoms with Crippen LogP contribution in [0.25, 0.3) is 0 Å². The smallest absolute Gasteiger partial charge is 0.135 e. The summed E-state index contributed by atoms with van der Waals surface area (Å²) in [7, 11) is 1.64. The van der Waals surface area contributed by atoms with E-state index in [1.807, 2.05) is 12.1 Å². The molecule has 1 aromatic carbocycles. The predicted molar refractivity (Wildman–Crippen MR) is 84.1 cm³/mol. The van der Waals surface area contributed by atoms with Crippen LogP contribution in [0.5, 0.6) is 11.5 Å². The molecule has 1 aliphatic rings. The van der Waals surface area contributed by atoms with Crippen molar-refractivity contribution in [3.63, 3.8) is 0 Å². The average molecular weight is 391 g/mol. The molecule has 0 amide bonds. The van der Waals surface area contributed by atoms with Crippen LogP contribution >= 0.6 is 31.9 Å². The minimum absolute atomic E-state index is 0.511. The largest absolute Gasteiger partial charge is 0.496 e. The second-order valence-electron chi connectivity index (χ2n) is 4.61. The van der Waals surface area contributed by atoms with E-state index in [4.69, 9.17) is 9.47 Å². The Hall–Kier alpha value is -0.520. The Morgan fingerprint density at radius 1 is 1.32 bits per heavy atom. The first kappa shape index (κ1) is 14.9. The summed E-state index contributed by atoms with van der Waals surface area (Å²) in [5.74, 6) is 1.55. The third-order valence-electron chi connectivity index (χ3n) is 2.86. The predicted octanol–water partition coefficient (Wildman–Crippen LogP) is 3.91. The van der Waals surface area contributed by atoms with Crippen LogP contribution in [-0.2, 0) is 0 Å². The third-order valence-corrected chi connectivity index (χ3v) is 4.10. The van der Waals surface area contributed by atoms with E-state index in [0.29, 0.717) is 12.6 Å². The SMILES string of the molecule is C=C(CNC1CC1)COc1cc(Br)c(OC)cc1Br. The molecule has 0 unspecified atom stereocenters. The maximum atomic E-state index is 5.76. The Bertz CT molecular complexity index is 473. The van der Waals surface area contributed by atoms with Gasteiger partial charge in [-0.15, -0.1) is 0 Å². The molecule has 0 aromatic heterocycles. The number of hydrogen-bond acceptors (Lipinski definition) is 3. The quantitative estimate of drug-likeness (QED) is 0.716.